The lowest BCUT2D eigenvalue weighted by Gasteiger charge is -2.00. The van der Waals surface area contributed by atoms with Gasteiger partial charge in [-0.25, -0.2) is 0 Å². The minimum Gasteiger partial charge on any atom is -0.466 e. The average Bonchev–Trinajstić information content (AvgIpc) is 3.00. The van der Waals surface area contributed by atoms with Crippen LogP contribution < -0.4 is 0 Å². The van der Waals surface area contributed by atoms with Crippen LogP contribution in [0.3, 0.4) is 0 Å². The molecule has 0 bridgehead atoms. The molecule has 20 heavy (non-hydrogen) atoms. The molecule has 0 radical (unpaired) electrons. The Morgan fingerprint density at radius 2 is 2.05 bits per heavy atom. The molecule has 102 valence electrons. The molecule has 0 aliphatic carbocycles. The molecule has 1 aromatic carbocycles. The molecule has 0 spiro atoms. The zero-order valence-corrected chi connectivity index (χ0v) is 11.9. The molecular weight excluding hydrogens is 250 g/mol. The quantitative estimate of drug-likeness (QED) is 0.724. The minimum absolute atomic E-state index is 0.0128. The first-order valence-corrected chi connectivity index (χ1v) is 6.82. The van der Waals surface area contributed by atoms with Crippen LogP contribution in [0.1, 0.15) is 39.9 Å². The van der Waals surface area contributed by atoms with E-state index in [-0.39, 0.29) is 5.78 Å². The predicted molar refractivity (Wildman–Crippen MR) is 79.3 cm³/mol. The van der Waals surface area contributed by atoms with Gasteiger partial charge in [-0.3, -0.25) is 4.79 Å². The Labute approximate surface area is 117 Å². The number of furan rings is 1. The molecule has 0 atom stereocenters. The summed E-state index contributed by atoms with van der Waals surface area (Å²) in [6.07, 6.45) is 2.74. The normalized spacial score (nSPS) is 11.2. The number of aromatic amines is 1. The highest BCUT2D eigenvalue weighted by atomic mass is 16.3. The van der Waals surface area contributed by atoms with E-state index in [1.165, 1.54) is 5.56 Å². The SMILES string of the molecule is CCc1cccc2c(C(=O)c3cc(C)oc3C)c[nH]c12. The van der Waals surface area contributed by atoms with Crippen molar-refractivity contribution in [3.8, 4) is 0 Å². The van der Waals surface area contributed by atoms with E-state index in [4.69, 9.17) is 4.42 Å². The molecule has 3 aromatic rings. The monoisotopic (exact) mass is 267 g/mol. The van der Waals surface area contributed by atoms with E-state index >= 15 is 0 Å². The fourth-order valence-electron chi connectivity index (χ4n) is 2.70. The summed E-state index contributed by atoms with van der Waals surface area (Å²) in [5.41, 5.74) is 3.63. The van der Waals surface area contributed by atoms with Crippen LogP contribution in [-0.2, 0) is 6.42 Å². The Balaban J connectivity index is 2.15. The number of para-hydroxylation sites is 1. The van der Waals surface area contributed by atoms with E-state index in [1.807, 2.05) is 26.0 Å². The lowest BCUT2D eigenvalue weighted by atomic mass is 10.0. The van der Waals surface area contributed by atoms with Crippen LogP contribution in [0.2, 0.25) is 0 Å². The van der Waals surface area contributed by atoms with Gasteiger partial charge in [-0.15, -0.1) is 0 Å². The number of nitrogens with one attached hydrogen (secondary N) is 1. The number of ketones is 1. The van der Waals surface area contributed by atoms with Crippen molar-refractivity contribution in [1.29, 1.82) is 0 Å². The van der Waals surface area contributed by atoms with Crippen LogP contribution in [0.25, 0.3) is 10.9 Å². The van der Waals surface area contributed by atoms with Crippen molar-refractivity contribution in [2.75, 3.05) is 0 Å². The van der Waals surface area contributed by atoms with Gasteiger partial charge in [-0.1, -0.05) is 25.1 Å². The molecule has 2 aromatic heterocycles. The van der Waals surface area contributed by atoms with Gasteiger partial charge in [0.05, 0.1) is 5.56 Å². The first-order chi connectivity index (χ1) is 9.61. The van der Waals surface area contributed by atoms with E-state index in [9.17, 15) is 4.79 Å². The molecular formula is C17H17NO2. The fourth-order valence-corrected chi connectivity index (χ4v) is 2.70. The van der Waals surface area contributed by atoms with Crippen molar-refractivity contribution in [2.24, 2.45) is 0 Å². The number of benzene rings is 1. The summed E-state index contributed by atoms with van der Waals surface area (Å²) < 4.78 is 5.46. The summed E-state index contributed by atoms with van der Waals surface area (Å²) in [5, 5.41) is 0.979. The van der Waals surface area contributed by atoms with Gasteiger partial charge >= 0.3 is 0 Å². The molecule has 0 saturated heterocycles. The number of carbonyl (C=O) groups is 1. The summed E-state index contributed by atoms with van der Waals surface area (Å²) in [4.78, 5) is 15.9. The molecule has 0 aliphatic rings. The average molecular weight is 267 g/mol. The van der Waals surface area contributed by atoms with Crippen molar-refractivity contribution in [1.82, 2.24) is 4.98 Å². The lowest BCUT2D eigenvalue weighted by molar-refractivity contribution is 0.103. The summed E-state index contributed by atoms with van der Waals surface area (Å²) in [5.74, 6) is 1.45. The van der Waals surface area contributed by atoms with Crippen LogP contribution in [0.15, 0.2) is 34.9 Å². The zero-order valence-electron chi connectivity index (χ0n) is 11.9. The van der Waals surface area contributed by atoms with Crippen molar-refractivity contribution < 1.29 is 9.21 Å². The van der Waals surface area contributed by atoms with Crippen molar-refractivity contribution in [2.45, 2.75) is 27.2 Å². The maximum absolute atomic E-state index is 12.7. The largest absolute Gasteiger partial charge is 0.466 e. The Morgan fingerprint density at radius 1 is 1.25 bits per heavy atom. The summed E-state index contributed by atoms with van der Waals surface area (Å²) in [7, 11) is 0. The third-order valence-electron chi connectivity index (χ3n) is 3.71. The molecule has 3 rings (SSSR count). The van der Waals surface area contributed by atoms with E-state index in [1.54, 1.807) is 12.3 Å². The third kappa shape index (κ3) is 1.86. The van der Waals surface area contributed by atoms with E-state index in [0.29, 0.717) is 16.9 Å². The maximum atomic E-state index is 12.7. The number of aryl methyl sites for hydroxylation is 3. The number of H-pyrrole nitrogens is 1. The fraction of sp³-hybridized carbons (Fsp3) is 0.235. The second-order valence-electron chi connectivity index (χ2n) is 5.05. The van der Waals surface area contributed by atoms with Gasteiger partial charge in [-0.2, -0.15) is 0 Å². The van der Waals surface area contributed by atoms with Crippen LogP contribution in [0.5, 0.6) is 0 Å². The van der Waals surface area contributed by atoms with Gasteiger partial charge in [0.2, 0.25) is 0 Å². The lowest BCUT2D eigenvalue weighted by Crippen LogP contribution is -2.00. The molecule has 2 heterocycles. The van der Waals surface area contributed by atoms with Crippen molar-refractivity contribution >= 4 is 16.7 Å². The molecule has 0 unspecified atom stereocenters. The highest BCUT2D eigenvalue weighted by molar-refractivity contribution is 6.17. The minimum atomic E-state index is 0.0128. The first-order valence-electron chi connectivity index (χ1n) is 6.82. The van der Waals surface area contributed by atoms with E-state index in [2.05, 4.69) is 18.0 Å². The molecule has 0 amide bonds. The highest BCUT2D eigenvalue weighted by Crippen LogP contribution is 2.26. The topological polar surface area (TPSA) is 46.0 Å². The standard InChI is InChI=1S/C17H17NO2/c1-4-12-6-5-7-13-15(9-18-16(12)13)17(19)14-8-10(2)20-11(14)3/h5-9,18H,4H2,1-3H3. The Hall–Kier alpha value is -2.29. The van der Waals surface area contributed by atoms with Crippen LogP contribution in [0.4, 0.5) is 0 Å². The Kier molecular flexibility index (Phi) is 2.97. The number of rotatable bonds is 3. The molecule has 1 N–H and O–H groups in total. The second-order valence-corrected chi connectivity index (χ2v) is 5.05. The number of carbonyl (C=O) groups excluding carboxylic acids is 1. The van der Waals surface area contributed by atoms with Gasteiger partial charge in [-0.05, 0) is 31.9 Å². The maximum Gasteiger partial charge on any atom is 0.198 e. The number of fused-ring (bicyclic) bond motifs is 1. The molecule has 0 aliphatic heterocycles. The number of hydrogen-bond donors (Lipinski definition) is 1. The molecule has 0 fully saturated rings. The van der Waals surface area contributed by atoms with E-state index < -0.39 is 0 Å². The predicted octanol–water partition coefficient (Wildman–Crippen LogP) is 4.17. The summed E-state index contributed by atoms with van der Waals surface area (Å²) in [6.45, 7) is 5.79. The Morgan fingerprint density at radius 3 is 2.70 bits per heavy atom. The van der Waals surface area contributed by atoms with Crippen LogP contribution >= 0.6 is 0 Å². The first kappa shape index (κ1) is 12.7. The summed E-state index contributed by atoms with van der Waals surface area (Å²) in [6, 6.07) is 7.88. The molecule has 3 nitrogen and oxygen atoms in total. The van der Waals surface area contributed by atoms with E-state index in [0.717, 1.165) is 23.1 Å². The van der Waals surface area contributed by atoms with Crippen molar-refractivity contribution in [3.05, 3.63) is 58.7 Å². The Bertz CT molecular complexity index is 793. The highest BCUT2D eigenvalue weighted by Gasteiger charge is 2.19. The zero-order chi connectivity index (χ0) is 14.3. The van der Waals surface area contributed by atoms with Gasteiger partial charge in [0, 0.05) is 22.7 Å². The van der Waals surface area contributed by atoms with Gasteiger partial charge in [0.25, 0.3) is 0 Å². The number of hydrogen-bond acceptors (Lipinski definition) is 2. The van der Waals surface area contributed by atoms with Crippen LogP contribution in [-0.4, -0.2) is 10.8 Å². The van der Waals surface area contributed by atoms with Crippen LogP contribution in [0, 0.1) is 13.8 Å². The summed E-state index contributed by atoms with van der Waals surface area (Å²) >= 11 is 0. The number of aromatic nitrogens is 1. The van der Waals surface area contributed by atoms with Gasteiger partial charge in [0.1, 0.15) is 11.5 Å². The second kappa shape index (κ2) is 4.67. The molecule has 0 saturated carbocycles. The molecule has 3 heteroatoms. The van der Waals surface area contributed by atoms with Gasteiger partial charge < -0.3 is 9.40 Å². The van der Waals surface area contributed by atoms with Crippen molar-refractivity contribution in [3.63, 3.8) is 0 Å². The van der Waals surface area contributed by atoms with Gasteiger partial charge in [0.15, 0.2) is 5.78 Å². The smallest absolute Gasteiger partial charge is 0.198 e. The third-order valence-corrected chi connectivity index (χ3v) is 3.71.